The summed E-state index contributed by atoms with van der Waals surface area (Å²) in [5.74, 6) is 0.152. The summed E-state index contributed by atoms with van der Waals surface area (Å²) in [7, 11) is -2.43. The lowest BCUT2D eigenvalue weighted by Crippen LogP contribution is -2.38. The number of aryl methyl sites for hydroxylation is 1. The zero-order chi connectivity index (χ0) is 22.4. The van der Waals surface area contributed by atoms with Crippen LogP contribution in [0.15, 0.2) is 82.6 Å². The maximum atomic E-state index is 13.4. The normalized spacial score (nSPS) is 11.1. The summed E-state index contributed by atoms with van der Waals surface area (Å²) in [6.45, 7) is 1.51. The maximum absolute atomic E-state index is 13.4. The molecule has 8 heteroatoms. The SMILES string of the molecule is COc1ccc(N(CC(=O)Nc2cccc(SC)c2)S(=O)(=O)c2ccc(C)cc2)cc1. The zero-order valence-electron chi connectivity index (χ0n) is 17.5. The van der Waals surface area contributed by atoms with Gasteiger partial charge in [-0.2, -0.15) is 0 Å². The Morgan fingerprint density at radius 3 is 2.32 bits per heavy atom. The molecule has 0 aliphatic heterocycles. The maximum Gasteiger partial charge on any atom is 0.264 e. The lowest BCUT2D eigenvalue weighted by molar-refractivity contribution is -0.114. The Morgan fingerprint density at radius 1 is 1.03 bits per heavy atom. The van der Waals surface area contributed by atoms with Crippen LogP contribution in [0.1, 0.15) is 5.56 Å². The molecule has 0 aromatic heterocycles. The summed E-state index contributed by atoms with van der Waals surface area (Å²) in [6, 6.07) is 20.5. The van der Waals surface area contributed by atoms with Gasteiger partial charge in [0.1, 0.15) is 12.3 Å². The van der Waals surface area contributed by atoms with E-state index in [0.29, 0.717) is 17.1 Å². The molecule has 0 spiro atoms. The Hall–Kier alpha value is -2.97. The number of carbonyl (C=O) groups is 1. The highest BCUT2D eigenvalue weighted by molar-refractivity contribution is 7.98. The number of nitrogens with one attached hydrogen (secondary N) is 1. The fourth-order valence-electron chi connectivity index (χ4n) is 2.93. The molecule has 0 bridgehead atoms. The Kier molecular flexibility index (Phi) is 7.25. The van der Waals surface area contributed by atoms with Gasteiger partial charge < -0.3 is 10.1 Å². The molecule has 1 N–H and O–H groups in total. The Balaban J connectivity index is 1.93. The Bertz CT molecular complexity index is 1140. The molecule has 3 aromatic rings. The number of anilines is 2. The third-order valence-electron chi connectivity index (χ3n) is 4.61. The van der Waals surface area contributed by atoms with Crippen molar-refractivity contribution >= 4 is 39.1 Å². The second-order valence-corrected chi connectivity index (χ2v) is 9.54. The van der Waals surface area contributed by atoms with Gasteiger partial charge in [-0.05, 0) is 67.8 Å². The van der Waals surface area contributed by atoms with Crippen molar-refractivity contribution in [3.05, 3.63) is 78.4 Å². The van der Waals surface area contributed by atoms with Crippen LogP contribution in [-0.2, 0) is 14.8 Å². The molecule has 0 saturated heterocycles. The summed E-state index contributed by atoms with van der Waals surface area (Å²) in [5, 5.41) is 2.79. The van der Waals surface area contributed by atoms with E-state index in [2.05, 4.69) is 5.32 Å². The number of nitrogens with zero attached hydrogens (tertiary/aromatic N) is 1. The molecule has 0 aliphatic carbocycles. The Morgan fingerprint density at radius 2 is 1.71 bits per heavy atom. The summed E-state index contributed by atoms with van der Waals surface area (Å²) in [5.41, 5.74) is 1.93. The lowest BCUT2D eigenvalue weighted by atomic mass is 10.2. The molecule has 162 valence electrons. The van der Waals surface area contributed by atoms with Gasteiger partial charge >= 0.3 is 0 Å². The van der Waals surface area contributed by atoms with Crippen molar-refractivity contribution in [3.63, 3.8) is 0 Å². The van der Waals surface area contributed by atoms with Gasteiger partial charge in [-0.1, -0.05) is 23.8 Å². The second-order valence-electron chi connectivity index (χ2n) is 6.80. The van der Waals surface area contributed by atoms with Gasteiger partial charge in [0, 0.05) is 10.6 Å². The first-order chi connectivity index (χ1) is 14.8. The summed E-state index contributed by atoms with van der Waals surface area (Å²) >= 11 is 1.56. The van der Waals surface area contributed by atoms with E-state index in [1.54, 1.807) is 66.4 Å². The molecule has 0 aliphatic rings. The van der Waals surface area contributed by atoms with Gasteiger partial charge in [0.25, 0.3) is 10.0 Å². The topological polar surface area (TPSA) is 75.7 Å². The van der Waals surface area contributed by atoms with Gasteiger partial charge in [0.05, 0.1) is 17.7 Å². The number of hydrogen-bond acceptors (Lipinski definition) is 5. The molecule has 6 nitrogen and oxygen atoms in total. The van der Waals surface area contributed by atoms with Crippen LogP contribution in [0.25, 0.3) is 0 Å². The van der Waals surface area contributed by atoms with Crippen LogP contribution in [0.3, 0.4) is 0 Å². The molecule has 0 radical (unpaired) electrons. The van der Waals surface area contributed by atoms with Crippen LogP contribution in [0.4, 0.5) is 11.4 Å². The number of hydrogen-bond donors (Lipinski definition) is 1. The van der Waals surface area contributed by atoms with E-state index in [0.717, 1.165) is 14.8 Å². The standard InChI is InChI=1S/C23H24N2O4S2/c1-17-7-13-22(14-8-17)31(27,28)25(19-9-11-20(29-2)12-10-19)16-23(26)24-18-5-4-6-21(15-18)30-3/h4-15H,16H2,1-3H3,(H,24,26). The number of thioether (sulfide) groups is 1. The molecule has 0 atom stereocenters. The van der Waals surface area contributed by atoms with E-state index in [1.807, 2.05) is 31.4 Å². The quantitative estimate of drug-likeness (QED) is 0.503. The smallest absolute Gasteiger partial charge is 0.264 e. The largest absolute Gasteiger partial charge is 0.497 e. The van der Waals surface area contributed by atoms with Crippen molar-refractivity contribution < 1.29 is 17.9 Å². The van der Waals surface area contributed by atoms with Crippen molar-refractivity contribution in [1.82, 2.24) is 0 Å². The number of amides is 1. The average molecular weight is 457 g/mol. The van der Waals surface area contributed by atoms with Gasteiger partial charge in [-0.3, -0.25) is 9.10 Å². The van der Waals surface area contributed by atoms with Crippen molar-refractivity contribution in [2.45, 2.75) is 16.7 Å². The van der Waals surface area contributed by atoms with Crippen LogP contribution < -0.4 is 14.4 Å². The van der Waals surface area contributed by atoms with Crippen molar-refractivity contribution in [3.8, 4) is 5.75 Å². The predicted molar refractivity (Wildman–Crippen MR) is 126 cm³/mol. The van der Waals surface area contributed by atoms with E-state index in [4.69, 9.17) is 4.74 Å². The highest BCUT2D eigenvalue weighted by atomic mass is 32.2. The molecule has 0 heterocycles. The van der Waals surface area contributed by atoms with Crippen molar-refractivity contribution in [2.24, 2.45) is 0 Å². The zero-order valence-corrected chi connectivity index (χ0v) is 19.2. The number of carbonyl (C=O) groups excluding carboxylic acids is 1. The molecule has 0 fully saturated rings. The van der Waals surface area contributed by atoms with Crippen LogP contribution in [0.2, 0.25) is 0 Å². The number of benzene rings is 3. The molecule has 3 rings (SSSR count). The number of ether oxygens (including phenoxy) is 1. The minimum absolute atomic E-state index is 0.117. The number of methoxy groups -OCH3 is 1. The van der Waals surface area contributed by atoms with Gasteiger partial charge in [0.15, 0.2) is 0 Å². The van der Waals surface area contributed by atoms with Gasteiger partial charge in [-0.15, -0.1) is 11.8 Å². The van der Waals surface area contributed by atoms with E-state index in [9.17, 15) is 13.2 Å². The Labute approximate surface area is 187 Å². The average Bonchev–Trinajstić information content (AvgIpc) is 2.78. The van der Waals surface area contributed by atoms with Crippen molar-refractivity contribution in [2.75, 3.05) is 29.5 Å². The van der Waals surface area contributed by atoms with E-state index >= 15 is 0 Å². The first-order valence-corrected chi connectivity index (χ1v) is 12.2. The molecule has 0 saturated carbocycles. The molecule has 3 aromatic carbocycles. The van der Waals surface area contributed by atoms with E-state index < -0.39 is 15.9 Å². The summed E-state index contributed by atoms with van der Waals surface area (Å²) in [4.78, 5) is 13.9. The highest BCUT2D eigenvalue weighted by Crippen LogP contribution is 2.26. The molecule has 31 heavy (non-hydrogen) atoms. The van der Waals surface area contributed by atoms with Crippen LogP contribution in [0.5, 0.6) is 5.75 Å². The highest BCUT2D eigenvalue weighted by Gasteiger charge is 2.27. The van der Waals surface area contributed by atoms with E-state index in [-0.39, 0.29) is 11.4 Å². The third kappa shape index (κ3) is 5.59. The summed E-state index contributed by atoms with van der Waals surface area (Å²) in [6.07, 6.45) is 1.94. The first kappa shape index (κ1) is 22.7. The third-order valence-corrected chi connectivity index (χ3v) is 7.12. The number of sulfonamides is 1. The fourth-order valence-corrected chi connectivity index (χ4v) is 4.81. The van der Waals surface area contributed by atoms with Crippen LogP contribution in [-0.4, -0.2) is 34.2 Å². The lowest BCUT2D eigenvalue weighted by Gasteiger charge is -2.24. The van der Waals surface area contributed by atoms with Crippen LogP contribution >= 0.6 is 11.8 Å². The molecule has 1 amide bonds. The second kappa shape index (κ2) is 9.89. The number of rotatable bonds is 8. The van der Waals surface area contributed by atoms with E-state index in [1.165, 1.54) is 7.11 Å². The molecular weight excluding hydrogens is 432 g/mol. The van der Waals surface area contributed by atoms with Crippen molar-refractivity contribution in [1.29, 1.82) is 0 Å². The molecule has 0 unspecified atom stereocenters. The van der Waals surface area contributed by atoms with Gasteiger partial charge in [0.2, 0.25) is 5.91 Å². The molecular formula is C23H24N2O4S2. The van der Waals surface area contributed by atoms with Crippen LogP contribution in [0, 0.1) is 6.92 Å². The summed E-state index contributed by atoms with van der Waals surface area (Å²) < 4.78 is 33.1. The minimum atomic E-state index is -3.96. The van der Waals surface area contributed by atoms with Gasteiger partial charge in [-0.25, -0.2) is 8.42 Å². The fraction of sp³-hybridized carbons (Fsp3) is 0.174. The first-order valence-electron chi connectivity index (χ1n) is 9.51. The monoisotopic (exact) mass is 456 g/mol. The minimum Gasteiger partial charge on any atom is -0.497 e. The predicted octanol–water partition coefficient (Wildman–Crippen LogP) is 4.56.